The van der Waals surface area contributed by atoms with Gasteiger partial charge in [-0.25, -0.2) is 19.5 Å². The van der Waals surface area contributed by atoms with Crippen LogP contribution in [0.25, 0.3) is 11.0 Å². The number of nitrogens with zero attached hydrogens (tertiary/aromatic N) is 6. The lowest BCUT2D eigenvalue weighted by Crippen LogP contribution is -2.39. The number of ether oxygens (including phenoxy) is 4. The molecule has 15 heteroatoms. The van der Waals surface area contributed by atoms with E-state index >= 15 is 0 Å². The first-order valence-electron chi connectivity index (χ1n) is 22.1. The Labute approximate surface area is 383 Å². The molecule has 14 nitrogen and oxygen atoms in total. The van der Waals surface area contributed by atoms with E-state index < -0.39 is 43.4 Å². The van der Waals surface area contributed by atoms with Gasteiger partial charge in [0.1, 0.15) is 34.9 Å². The van der Waals surface area contributed by atoms with Crippen LogP contribution < -0.4 is 14.4 Å². The van der Waals surface area contributed by atoms with Crippen molar-refractivity contribution in [3.05, 3.63) is 114 Å². The number of imide groups is 1. The fraction of sp³-hybridized carbons (Fsp3) is 0.460. The van der Waals surface area contributed by atoms with Crippen LogP contribution in [0.1, 0.15) is 96.7 Å². The zero-order valence-electron chi connectivity index (χ0n) is 39.3. The Morgan fingerprint density at radius 2 is 1.42 bits per heavy atom. The third-order valence-corrected chi connectivity index (χ3v) is 15.2. The minimum Gasteiger partial charge on any atom is -0.497 e. The molecule has 4 heterocycles. The Kier molecular flexibility index (Phi) is 14.2. The maximum absolute atomic E-state index is 13.9. The molecule has 0 spiro atoms. The number of nitriles is 1. The van der Waals surface area contributed by atoms with Gasteiger partial charge in [0.25, 0.3) is 8.53 Å². The maximum Gasteiger partial charge on any atom is 0.259 e. The molecule has 0 saturated carbocycles. The summed E-state index contributed by atoms with van der Waals surface area (Å²) in [5.41, 5.74) is 1.44. The van der Waals surface area contributed by atoms with E-state index in [4.69, 9.17) is 33.0 Å². The fourth-order valence-corrected chi connectivity index (χ4v) is 10.5. The van der Waals surface area contributed by atoms with Gasteiger partial charge in [-0.3, -0.25) is 9.59 Å². The number of rotatable bonds is 18. The van der Waals surface area contributed by atoms with E-state index in [1.807, 2.05) is 78.2 Å². The van der Waals surface area contributed by atoms with Crippen molar-refractivity contribution in [3.63, 3.8) is 0 Å². The van der Waals surface area contributed by atoms with Crippen LogP contribution in [-0.4, -0.2) is 82.7 Å². The number of benzene rings is 3. The van der Waals surface area contributed by atoms with Gasteiger partial charge in [0.15, 0.2) is 5.82 Å². The Balaban J connectivity index is 1.33. The number of methoxy groups -OCH3 is 2. The Bertz CT molecular complexity index is 2420. The van der Waals surface area contributed by atoms with Crippen LogP contribution in [0, 0.1) is 29.1 Å². The van der Waals surface area contributed by atoms with E-state index in [-0.39, 0.29) is 49.4 Å². The second kappa shape index (κ2) is 19.3. The van der Waals surface area contributed by atoms with Gasteiger partial charge in [-0.2, -0.15) is 5.26 Å². The predicted molar refractivity (Wildman–Crippen MR) is 249 cm³/mol. The summed E-state index contributed by atoms with van der Waals surface area (Å²) in [4.78, 5) is 38.5. The van der Waals surface area contributed by atoms with E-state index in [0.29, 0.717) is 29.0 Å². The number of carbonyl (C=O) groups is 2. The summed E-state index contributed by atoms with van der Waals surface area (Å²) in [5.74, 6) is 0.940. The largest absolute Gasteiger partial charge is 0.497 e. The van der Waals surface area contributed by atoms with Crippen molar-refractivity contribution in [1.82, 2.24) is 19.2 Å². The number of hydrogen-bond donors (Lipinski definition) is 0. The number of imidazole rings is 1. The van der Waals surface area contributed by atoms with Crippen LogP contribution in [0.5, 0.6) is 11.5 Å². The quantitative estimate of drug-likeness (QED) is 0.0357. The van der Waals surface area contributed by atoms with E-state index in [1.54, 1.807) is 54.4 Å². The highest BCUT2D eigenvalue weighted by atomic mass is 31.2. The molecule has 0 radical (unpaired) electrons. The third-order valence-electron chi connectivity index (χ3n) is 13.0. The smallest absolute Gasteiger partial charge is 0.259 e. The zero-order chi connectivity index (χ0) is 46.8. The molecule has 2 saturated heterocycles. The van der Waals surface area contributed by atoms with Gasteiger partial charge in [0.05, 0.1) is 68.7 Å². The average Bonchev–Trinajstić information content (AvgIpc) is 3.95. The Morgan fingerprint density at radius 1 is 0.862 bits per heavy atom. The minimum absolute atomic E-state index is 0.0593. The van der Waals surface area contributed by atoms with Gasteiger partial charge in [-0.05, 0) is 109 Å². The van der Waals surface area contributed by atoms with Crippen molar-refractivity contribution in [3.8, 4) is 17.6 Å². The lowest BCUT2D eigenvalue weighted by molar-refractivity contribution is -0.129. The molecular formula is C50H61N6O8P. The first-order chi connectivity index (χ1) is 31.0. The number of anilines is 1. The predicted octanol–water partition coefficient (Wildman–Crippen LogP) is 9.64. The summed E-state index contributed by atoms with van der Waals surface area (Å²) in [6, 6.07) is 28.1. The number of fused-ring (bicyclic) bond motifs is 1. The van der Waals surface area contributed by atoms with Gasteiger partial charge in [0.2, 0.25) is 11.8 Å². The molecule has 1 unspecified atom stereocenters. The topological polar surface area (TPSA) is 151 Å². The monoisotopic (exact) mass is 904 g/mol. The van der Waals surface area contributed by atoms with Gasteiger partial charge >= 0.3 is 0 Å². The summed E-state index contributed by atoms with van der Waals surface area (Å²) in [6.07, 6.45) is 2.07. The molecule has 7 rings (SSSR count). The van der Waals surface area contributed by atoms with Crippen molar-refractivity contribution < 1.29 is 37.6 Å². The minimum atomic E-state index is -1.69. The van der Waals surface area contributed by atoms with Crippen LogP contribution in [0.15, 0.2) is 91.4 Å². The summed E-state index contributed by atoms with van der Waals surface area (Å²) in [5, 5.41) is 9.49. The third kappa shape index (κ3) is 8.78. The molecule has 344 valence electrons. The van der Waals surface area contributed by atoms with Crippen LogP contribution in [0.3, 0.4) is 0 Å². The molecule has 4 atom stereocenters. The highest BCUT2D eigenvalue weighted by Crippen LogP contribution is 2.52. The number of aromatic nitrogens is 3. The number of carbonyl (C=O) groups excluding carboxylic acids is 2. The van der Waals surface area contributed by atoms with Crippen molar-refractivity contribution in [1.29, 1.82) is 5.26 Å². The van der Waals surface area contributed by atoms with Crippen LogP contribution in [0.2, 0.25) is 0 Å². The highest BCUT2D eigenvalue weighted by Gasteiger charge is 2.60. The average molecular weight is 905 g/mol. The second-order valence-electron chi connectivity index (χ2n) is 18.2. The molecule has 3 aromatic carbocycles. The molecule has 0 N–H and O–H groups in total. The zero-order valence-corrected chi connectivity index (χ0v) is 40.2. The van der Waals surface area contributed by atoms with E-state index in [0.717, 1.165) is 22.3 Å². The summed E-state index contributed by atoms with van der Waals surface area (Å²) < 4.78 is 43.4. The van der Waals surface area contributed by atoms with Gasteiger partial charge in [-0.15, -0.1) is 0 Å². The summed E-state index contributed by atoms with van der Waals surface area (Å²) in [6.45, 7) is 17.8. The van der Waals surface area contributed by atoms with E-state index in [9.17, 15) is 14.9 Å². The van der Waals surface area contributed by atoms with Gasteiger partial charge in [-0.1, -0.05) is 54.6 Å². The van der Waals surface area contributed by atoms with Gasteiger partial charge in [0, 0.05) is 24.7 Å². The van der Waals surface area contributed by atoms with Crippen LogP contribution in [0.4, 0.5) is 5.82 Å². The number of pyridine rings is 1. The molecule has 2 aliphatic rings. The lowest BCUT2D eigenvalue weighted by atomic mass is 9.70. The van der Waals surface area contributed by atoms with Crippen molar-refractivity contribution in [2.24, 2.45) is 10.8 Å². The molecule has 2 aromatic heterocycles. The SMILES string of the molecule is COc1ccc(C(OC[C@H]2O[C@@H](n3cnc4c(N5C(=O)C(C)(C)C(C)(C)C5=O)ncc(C)c43)C[C@@H]2OP(OCCC#N)N(C(C)C)C(C)C)(c2ccccc2)c2ccc(OC)cc2)cc1. The number of hydrogen-bond acceptors (Lipinski definition) is 12. The Hall–Kier alpha value is -5.26. The fourth-order valence-electron chi connectivity index (χ4n) is 8.78. The first-order valence-corrected chi connectivity index (χ1v) is 23.2. The van der Waals surface area contributed by atoms with Crippen molar-refractivity contribution >= 4 is 37.2 Å². The first kappa shape index (κ1) is 47.7. The van der Waals surface area contributed by atoms with Crippen LogP contribution >= 0.6 is 8.53 Å². The second-order valence-corrected chi connectivity index (χ2v) is 19.6. The van der Waals surface area contributed by atoms with E-state index in [1.165, 1.54) is 4.90 Å². The summed E-state index contributed by atoms with van der Waals surface area (Å²) >= 11 is 0. The maximum atomic E-state index is 13.9. The van der Waals surface area contributed by atoms with Crippen molar-refractivity contribution in [2.75, 3.05) is 32.3 Å². The van der Waals surface area contributed by atoms with Crippen LogP contribution in [-0.2, 0) is 33.7 Å². The molecule has 5 aromatic rings. The standard InChI is InChI=1S/C50H61N6O8P/c1-32(2)56(33(3)4)65(62-27-15-26-51)64-40-28-42(54-31-53-43-44(54)34(5)29-52-45(43)55-46(57)48(6,7)49(8,9)47(55)58)63-41(40)30-61-50(35-16-13-12-14-17-35,36-18-22-38(59-10)23-19-36)37-20-24-39(60-11)25-21-37/h12-14,16-25,29,31-33,40-42H,15,27-28,30H2,1-11H3/t40-,41+,42+,65?/m0/s1. The molecule has 2 fully saturated rings. The number of aryl methyl sites for hydroxylation is 1. The van der Waals surface area contributed by atoms with Crippen molar-refractivity contribution in [2.45, 2.75) is 111 Å². The highest BCUT2D eigenvalue weighted by molar-refractivity contribution is 7.44. The number of amides is 2. The molecular weight excluding hydrogens is 844 g/mol. The summed E-state index contributed by atoms with van der Waals surface area (Å²) in [7, 11) is 1.59. The molecule has 0 aliphatic carbocycles. The lowest BCUT2D eigenvalue weighted by Gasteiger charge is -2.39. The Morgan fingerprint density at radius 3 is 1.94 bits per heavy atom. The normalized spacial score (nSPS) is 20.0. The molecule has 2 aliphatic heterocycles. The molecule has 65 heavy (non-hydrogen) atoms. The molecule has 2 amide bonds. The molecule has 0 bridgehead atoms. The van der Waals surface area contributed by atoms with Gasteiger partial charge < -0.3 is 32.6 Å². The van der Waals surface area contributed by atoms with E-state index in [2.05, 4.69) is 55.6 Å².